The lowest BCUT2D eigenvalue weighted by Crippen LogP contribution is -2.41. The molecule has 0 radical (unpaired) electrons. The van der Waals surface area contributed by atoms with E-state index in [1.54, 1.807) is 0 Å². The third-order valence-electron chi connectivity index (χ3n) is 2.30. The summed E-state index contributed by atoms with van der Waals surface area (Å²) in [6.07, 6.45) is 0.136. The molecule has 1 unspecified atom stereocenters. The van der Waals surface area contributed by atoms with Crippen LogP contribution in [0.15, 0.2) is 0 Å². The van der Waals surface area contributed by atoms with Crippen LogP contribution in [0.2, 0.25) is 0 Å². The number of carboxylic acids is 1. The number of ether oxygens (including phenoxy) is 1. The Morgan fingerprint density at radius 1 is 1.31 bits per heavy atom. The molecule has 0 aliphatic heterocycles. The van der Waals surface area contributed by atoms with Gasteiger partial charge in [-0.2, -0.15) is 0 Å². The highest BCUT2D eigenvalue weighted by molar-refractivity contribution is 5.81. The van der Waals surface area contributed by atoms with Crippen molar-refractivity contribution >= 4 is 11.9 Å². The van der Waals surface area contributed by atoms with Gasteiger partial charge in [-0.15, -0.1) is 0 Å². The number of likely N-dealkylation sites (N-methyl/N-ethyl adjacent to an activating group) is 1. The summed E-state index contributed by atoms with van der Waals surface area (Å²) < 4.78 is 5.30. The van der Waals surface area contributed by atoms with Crippen molar-refractivity contribution in [3.8, 4) is 0 Å². The van der Waals surface area contributed by atoms with Crippen LogP contribution in [0.1, 0.15) is 33.6 Å². The number of amides is 1. The molecule has 1 atom stereocenters. The second-order valence-corrected chi connectivity index (χ2v) is 3.41. The maximum Gasteiger partial charge on any atom is 0.305 e. The predicted octanol–water partition coefficient (Wildman–Crippen LogP) is 1.12. The summed E-state index contributed by atoms with van der Waals surface area (Å²) in [6, 6.07) is 0. The van der Waals surface area contributed by atoms with Crippen LogP contribution in [0, 0.1) is 0 Å². The zero-order valence-corrected chi connectivity index (χ0v) is 10.2. The van der Waals surface area contributed by atoms with Crippen molar-refractivity contribution in [2.45, 2.75) is 39.7 Å². The topological polar surface area (TPSA) is 66.8 Å². The number of carbonyl (C=O) groups is 2. The van der Waals surface area contributed by atoms with E-state index in [1.165, 1.54) is 4.90 Å². The highest BCUT2D eigenvalue weighted by atomic mass is 16.5. The molecule has 0 rings (SSSR count). The zero-order chi connectivity index (χ0) is 12.6. The van der Waals surface area contributed by atoms with Crippen molar-refractivity contribution in [1.29, 1.82) is 0 Å². The average Bonchev–Trinajstić information content (AvgIpc) is 2.26. The van der Waals surface area contributed by atoms with Crippen LogP contribution in [-0.2, 0) is 14.3 Å². The molecular weight excluding hydrogens is 210 g/mol. The summed E-state index contributed by atoms with van der Waals surface area (Å²) >= 11 is 0. The van der Waals surface area contributed by atoms with Crippen LogP contribution >= 0.6 is 0 Å². The van der Waals surface area contributed by atoms with Crippen molar-refractivity contribution in [3.05, 3.63) is 0 Å². The van der Waals surface area contributed by atoms with E-state index in [2.05, 4.69) is 0 Å². The van der Waals surface area contributed by atoms with Crippen molar-refractivity contribution < 1.29 is 19.4 Å². The van der Waals surface area contributed by atoms with Gasteiger partial charge in [0.2, 0.25) is 0 Å². The fraction of sp³-hybridized carbons (Fsp3) is 0.818. The lowest BCUT2D eigenvalue weighted by atomic mass is 10.2. The Morgan fingerprint density at radius 3 is 2.31 bits per heavy atom. The molecule has 0 spiro atoms. The van der Waals surface area contributed by atoms with E-state index in [1.807, 2.05) is 20.8 Å². The maximum absolute atomic E-state index is 11.9. The SMILES string of the molecule is CCOC(CC)C(=O)N(CC)CCC(=O)O. The van der Waals surface area contributed by atoms with Gasteiger partial charge in [0.05, 0.1) is 6.42 Å². The Kier molecular flexibility index (Phi) is 7.54. The van der Waals surface area contributed by atoms with Gasteiger partial charge in [-0.1, -0.05) is 6.92 Å². The van der Waals surface area contributed by atoms with E-state index in [0.29, 0.717) is 19.6 Å². The molecule has 94 valence electrons. The molecule has 0 fully saturated rings. The normalized spacial score (nSPS) is 12.2. The quantitative estimate of drug-likeness (QED) is 0.680. The van der Waals surface area contributed by atoms with Gasteiger partial charge in [0.25, 0.3) is 5.91 Å². The first-order valence-corrected chi connectivity index (χ1v) is 5.68. The third kappa shape index (κ3) is 5.11. The molecule has 5 nitrogen and oxygen atoms in total. The lowest BCUT2D eigenvalue weighted by Gasteiger charge is -2.25. The molecule has 0 aromatic carbocycles. The number of nitrogens with zero attached hydrogens (tertiary/aromatic N) is 1. The van der Waals surface area contributed by atoms with Gasteiger partial charge in [0, 0.05) is 19.7 Å². The zero-order valence-electron chi connectivity index (χ0n) is 10.2. The Labute approximate surface area is 96.4 Å². The minimum absolute atomic E-state index is 0.0257. The summed E-state index contributed by atoms with van der Waals surface area (Å²) in [4.78, 5) is 23.9. The molecule has 16 heavy (non-hydrogen) atoms. The second kappa shape index (κ2) is 8.10. The van der Waals surface area contributed by atoms with Gasteiger partial charge in [-0.25, -0.2) is 0 Å². The van der Waals surface area contributed by atoms with Crippen LogP contribution in [0.4, 0.5) is 0 Å². The molecule has 0 bridgehead atoms. The minimum atomic E-state index is -0.893. The van der Waals surface area contributed by atoms with Crippen molar-refractivity contribution in [2.75, 3.05) is 19.7 Å². The van der Waals surface area contributed by atoms with Gasteiger partial charge >= 0.3 is 5.97 Å². The number of carboxylic acid groups (broad SMARTS) is 1. The van der Waals surface area contributed by atoms with Gasteiger partial charge < -0.3 is 14.7 Å². The van der Waals surface area contributed by atoms with E-state index < -0.39 is 12.1 Å². The smallest absolute Gasteiger partial charge is 0.305 e. The molecule has 0 aromatic rings. The first kappa shape index (κ1) is 14.9. The van der Waals surface area contributed by atoms with E-state index in [-0.39, 0.29) is 18.9 Å². The van der Waals surface area contributed by atoms with Gasteiger partial charge in [0.15, 0.2) is 0 Å². The first-order valence-electron chi connectivity index (χ1n) is 5.68. The maximum atomic E-state index is 11.9. The molecule has 0 aliphatic rings. The van der Waals surface area contributed by atoms with E-state index in [0.717, 1.165) is 0 Å². The standard InChI is InChI=1S/C11H21NO4/c1-4-9(16-6-3)11(15)12(5-2)8-7-10(13)14/h9H,4-8H2,1-3H3,(H,13,14). The summed E-state index contributed by atoms with van der Waals surface area (Å²) in [5.41, 5.74) is 0. The number of hydrogen-bond donors (Lipinski definition) is 1. The third-order valence-corrected chi connectivity index (χ3v) is 2.30. The number of aliphatic carboxylic acids is 1. The second-order valence-electron chi connectivity index (χ2n) is 3.41. The fourth-order valence-electron chi connectivity index (χ4n) is 1.42. The summed E-state index contributed by atoms with van der Waals surface area (Å²) in [5.74, 6) is -1.01. The molecule has 1 amide bonds. The van der Waals surface area contributed by atoms with Gasteiger partial charge in [-0.3, -0.25) is 9.59 Å². The molecule has 0 heterocycles. The van der Waals surface area contributed by atoms with Crippen molar-refractivity contribution in [2.24, 2.45) is 0 Å². The monoisotopic (exact) mass is 231 g/mol. The Morgan fingerprint density at radius 2 is 1.94 bits per heavy atom. The molecule has 0 aromatic heterocycles. The Bertz CT molecular complexity index is 230. The van der Waals surface area contributed by atoms with E-state index in [4.69, 9.17) is 9.84 Å². The number of carbonyl (C=O) groups excluding carboxylic acids is 1. The van der Waals surface area contributed by atoms with Crippen molar-refractivity contribution in [1.82, 2.24) is 4.90 Å². The molecular formula is C11H21NO4. The number of hydrogen-bond acceptors (Lipinski definition) is 3. The van der Waals surface area contributed by atoms with Gasteiger partial charge in [0.1, 0.15) is 6.10 Å². The van der Waals surface area contributed by atoms with E-state index >= 15 is 0 Å². The molecule has 0 saturated carbocycles. The predicted molar refractivity (Wildman–Crippen MR) is 60.2 cm³/mol. The highest BCUT2D eigenvalue weighted by Crippen LogP contribution is 2.05. The highest BCUT2D eigenvalue weighted by Gasteiger charge is 2.22. The molecule has 5 heteroatoms. The minimum Gasteiger partial charge on any atom is -0.481 e. The number of rotatable bonds is 8. The summed E-state index contributed by atoms with van der Waals surface area (Å²) in [5, 5.41) is 8.57. The average molecular weight is 231 g/mol. The largest absolute Gasteiger partial charge is 0.481 e. The summed E-state index contributed by atoms with van der Waals surface area (Å²) in [6.45, 7) is 6.79. The van der Waals surface area contributed by atoms with Crippen LogP contribution in [0.25, 0.3) is 0 Å². The van der Waals surface area contributed by atoms with Crippen LogP contribution < -0.4 is 0 Å². The first-order chi connectivity index (χ1) is 7.56. The van der Waals surface area contributed by atoms with E-state index in [9.17, 15) is 9.59 Å². The molecule has 0 aliphatic carbocycles. The van der Waals surface area contributed by atoms with Crippen LogP contribution in [0.3, 0.4) is 0 Å². The Balaban J connectivity index is 4.31. The van der Waals surface area contributed by atoms with Gasteiger partial charge in [-0.05, 0) is 20.3 Å². The van der Waals surface area contributed by atoms with Crippen molar-refractivity contribution in [3.63, 3.8) is 0 Å². The summed E-state index contributed by atoms with van der Waals surface area (Å²) in [7, 11) is 0. The lowest BCUT2D eigenvalue weighted by molar-refractivity contribution is -0.145. The molecule has 1 N–H and O–H groups in total. The van der Waals surface area contributed by atoms with Crippen LogP contribution in [-0.4, -0.2) is 47.7 Å². The molecule has 0 saturated heterocycles. The van der Waals surface area contributed by atoms with Crippen LogP contribution in [0.5, 0.6) is 0 Å². The Hall–Kier alpha value is -1.10. The fourth-order valence-corrected chi connectivity index (χ4v) is 1.42.